The van der Waals surface area contributed by atoms with E-state index in [0.717, 1.165) is 13.0 Å². The van der Waals surface area contributed by atoms with E-state index in [1.54, 1.807) is 0 Å². The van der Waals surface area contributed by atoms with Crippen molar-refractivity contribution in [1.29, 1.82) is 0 Å². The zero-order chi connectivity index (χ0) is 18.3. The molecule has 1 aliphatic rings. The third-order valence-corrected chi connectivity index (χ3v) is 3.96. The minimum absolute atomic E-state index is 0.107. The van der Waals surface area contributed by atoms with Crippen LogP contribution in [-0.4, -0.2) is 48.2 Å². The first kappa shape index (κ1) is 19.2. The third kappa shape index (κ3) is 6.38. The van der Waals surface area contributed by atoms with Crippen molar-refractivity contribution in [2.45, 2.75) is 51.8 Å². The van der Waals surface area contributed by atoms with Gasteiger partial charge in [-0.15, -0.1) is 0 Å². The van der Waals surface area contributed by atoms with Gasteiger partial charge in [-0.05, 0) is 39.2 Å². The molecule has 1 unspecified atom stereocenters. The molecule has 138 valence electrons. The monoisotopic (exact) mass is 347 g/mol. The maximum absolute atomic E-state index is 12.4. The highest BCUT2D eigenvalue weighted by Gasteiger charge is 2.36. The van der Waals surface area contributed by atoms with Gasteiger partial charge in [0.25, 0.3) is 0 Å². The number of nitrogens with one attached hydrogen (secondary N) is 2. The van der Waals surface area contributed by atoms with E-state index in [0.29, 0.717) is 26.1 Å². The van der Waals surface area contributed by atoms with E-state index in [1.807, 2.05) is 39.0 Å². The maximum Gasteiger partial charge on any atom is 0.410 e. The van der Waals surface area contributed by atoms with Gasteiger partial charge in [0.15, 0.2) is 0 Å². The molecule has 2 rings (SSSR count). The molecule has 2 amide bonds. The molecule has 1 aromatic rings. The molecule has 0 bridgehead atoms. The van der Waals surface area contributed by atoms with E-state index in [1.165, 1.54) is 10.5 Å². The Kier molecular flexibility index (Phi) is 6.82. The summed E-state index contributed by atoms with van der Waals surface area (Å²) < 4.78 is 5.39. The first-order valence-electron chi connectivity index (χ1n) is 8.89. The smallest absolute Gasteiger partial charge is 0.410 e. The van der Waals surface area contributed by atoms with Crippen LogP contribution in [0.25, 0.3) is 0 Å². The largest absolute Gasteiger partial charge is 0.444 e. The second-order valence-corrected chi connectivity index (χ2v) is 7.29. The quantitative estimate of drug-likeness (QED) is 0.775. The third-order valence-electron chi connectivity index (χ3n) is 3.96. The van der Waals surface area contributed by atoms with Gasteiger partial charge in [0.1, 0.15) is 11.6 Å². The van der Waals surface area contributed by atoms with Crippen LogP contribution in [0.5, 0.6) is 0 Å². The summed E-state index contributed by atoms with van der Waals surface area (Å²) in [6.45, 7) is 8.03. The van der Waals surface area contributed by atoms with E-state index < -0.39 is 17.7 Å². The van der Waals surface area contributed by atoms with Gasteiger partial charge in [-0.2, -0.15) is 0 Å². The van der Waals surface area contributed by atoms with Gasteiger partial charge in [-0.25, -0.2) is 4.79 Å². The number of carbonyl (C=O) groups is 2. The molecule has 0 radical (unpaired) electrons. The molecule has 6 nitrogen and oxygen atoms in total. The predicted molar refractivity (Wildman–Crippen MR) is 97.1 cm³/mol. The van der Waals surface area contributed by atoms with E-state index in [-0.39, 0.29) is 5.91 Å². The van der Waals surface area contributed by atoms with Crippen LogP contribution in [0.2, 0.25) is 0 Å². The Hall–Kier alpha value is -2.08. The molecule has 1 aliphatic heterocycles. The van der Waals surface area contributed by atoms with Gasteiger partial charge in [0.2, 0.25) is 5.91 Å². The summed E-state index contributed by atoms with van der Waals surface area (Å²) in [7, 11) is 0. The molecule has 0 aromatic heterocycles. The van der Waals surface area contributed by atoms with E-state index in [9.17, 15) is 9.59 Å². The number of carbonyl (C=O) groups excluding carboxylic acids is 2. The number of rotatable bonds is 6. The fourth-order valence-electron chi connectivity index (χ4n) is 2.80. The van der Waals surface area contributed by atoms with Crippen molar-refractivity contribution in [2.24, 2.45) is 0 Å². The molecule has 6 heteroatoms. The van der Waals surface area contributed by atoms with Gasteiger partial charge in [-0.1, -0.05) is 30.3 Å². The number of hydrogen-bond acceptors (Lipinski definition) is 4. The van der Waals surface area contributed by atoms with Gasteiger partial charge in [0.05, 0.1) is 0 Å². The van der Waals surface area contributed by atoms with Crippen LogP contribution in [0.3, 0.4) is 0 Å². The van der Waals surface area contributed by atoms with Crippen molar-refractivity contribution in [2.75, 3.05) is 19.6 Å². The number of benzene rings is 1. The molecule has 1 fully saturated rings. The molecule has 0 saturated carbocycles. The van der Waals surface area contributed by atoms with Crippen molar-refractivity contribution >= 4 is 12.0 Å². The fourth-order valence-corrected chi connectivity index (χ4v) is 2.80. The molecular formula is C19H29N3O3. The Morgan fingerprint density at radius 1 is 1.20 bits per heavy atom. The minimum atomic E-state index is -0.554. The van der Waals surface area contributed by atoms with Gasteiger partial charge in [0, 0.05) is 26.2 Å². The van der Waals surface area contributed by atoms with Crippen LogP contribution < -0.4 is 10.6 Å². The maximum atomic E-state index is 12.4. The molecule has 0 spiro atoms. The molecule has 1 aromatic carbocycles. The lowest BCUT2D eigenvalue weighted by Crippen LogP contribution is -2.48. The van der Waals surface area contributed by atoms with Crippen LogP contribution in [0, 0.1) is 0 Å². The molecule has 0 aliphatic carbocycles. The number of hydrogen-bond donors (Lipinski definition) is 2. The SMILES string of the molecule is CC(C)(C)OC(=O)N1CCCC1C(=O)NCCNCc1ccccc1. The normalized spacial score (nSPS) is 17.4. The molecule has 1 saturated heterocycles. The van der Waals surface area contributed by atoms with Crippen molar-refractivity contribution in [3.05, 3.63) is 35.9 Å². The Balaban J connectivity index is 1.71. The zero-order valence-electron chi connectivity index (χ0n) is 15.4. The molecule has 1 heterocycles. The molecule has 25 heavy (non-hydrogen) atoms. The second-order valence-electron chi connectivity index (χ2n) is 7.29. The van der Waals surface area contributed by atoms with Crippen LogP contribution in [0.1, 0.15) is 39.2 Å². The van der Waals surface area contributed by atoms with Crippen LogP contribution in [0.15, 0.2) is 30.3 Å². The lowest BCUT2D eigenvalue weighted by atomic mass is 10.2. The Morgan fingerprint density at radius 2 is 1.92 bits per heavy atom. The highest BCUT2D eigenvalue weighted by atomic mass is 16.6. The van der Waals surface area contributed by atoms with Crippen LogP contribution >= 0.6 is 0 Å². The summed E-state index contributed by atoms with van der Waals surface area (Å²) in [5.41, 5.74) is 0.655. The first-order valence-corrected chi connectivity index (χ1v) is 8.89. The first-order chi connectivity index (χ1) is 11.9. The highest BCUT2D eigenvalue weighted by Crippen LogP contribution is 2.20. The van der Waals surface area contributed by atoms with E-state index >= 15 is 0 Å². The number of likely N-dealkylation sites (tertiary alicyclic amines) is 1. The summed E-state index contributed by atoms with van der Waals surface area (Å²) in [5.74, 6) is -0.107. The minimum Gasteiger partial charge on any atom is -0.444 e. The molecular weight excluding hydrogens is 318 g/mol. The van der Waals surface area contributed by atoms with E-state index in [4.69, 9.17) is 4.74 Å². The van der Waals surface area contributed by atoms with Crippen LogP contribution in [0.4, 0.5) is 4.79 Å². The van der Waals surface area contributed by atoms with Gasteiger partial charge in [-0.3, -0.25) is 9.69 Å². The lowest BCUT2D eigenvalue weighted by molar-refractivity contribution is -0.125. The van der Waals surface area contributed by atoms with E-state index in [2.05, 4.69) is 22.8 Å². The second kappa shape index (κ2) is 8.85. The average Bonchev–Trinajstić information content (AvgIpc) is 3.03. The highest BCUT2D eigenvalue weighted by molar-refractivity contribution is 5.86. The number of nitrogens with zero attached hydrogens (tertiary/aromatic N) is 1. The standard InChI is InChI=1S/C19H29N3O3/c1-19(2,3)25-18(24)22-13-7-10-16(22)17(23)21-12-11-20-14-15-8-5-4-6-9-15/h4-6,8-9,16,20H,7,10-14H2,1-3H3,(H,21,23). The van der Waals surface area contributed by atoms with Crippen molar-refractivity contribution in [1.82, 2.24) is 15.5 Å². The number of amides is 2. The van der Waals surface area contributed by atoms with Gasteiger partial charge >= 0.3 is 6.09 Å². The number of ether oxygens (including phenoxy) is 1. The summed E-state index contributed by atoms with van der Waals surface area (Å²) >= 11 is 0. The Morgan fingerprint density at radius 3 is 2.60 bits per heavy atom. The Labute approximate surface area is 149 Å². The predicted octanol–water partition coefficient (Wildman–Crippen LogP) is 2.29. The zero-order valence-corrected chi connectivity index (χ0v) is 15.4. The fraction of sp³-hybridized carbons (Fsp3) is 0.579. The lowest BCUT2D eigenvalue weighted by Gasteiger charge is -2.28. The molecule has 1 atom stereocenters. The van der Waals surface area contributed by atoms with Crippen LogP contribution in [-0.2, 0) is 16.1 Å². The average molecular weight is 347 g/mol. The topological polar surface area (TPSA) is 70.7 Å². The summed E-state index contributed by atoms with van der Waals surface area (Å²) in [4.78, 5) is 26.1. The Bertz CT molecular complexity index is 569. The van der Waals surface area contributed by atoms with Crippen molar-refractivity contribution in [3.8, 4) is 0 Å². The van der Waals surface area contributed by atoms with Gasteiger partial charge < -0.3 is 15.4 Å². The summed E-state index contributed by atoms with van der Waals surface area (Å²) in [6, 6.07) is 9.69. The van der Waals surface area contributed by atoms with Crippen molar-refractivity contribution < 1.29 is 14.3 Å². The van der Waals surface area contributed by atoms with Crippen molar-refractivity contribution in [3.63, 3.8) is 0 Å². The summed E-state index contributed by atoms with van der Waals surface area (Å²) in [6.07, 6.45) is 1.10. The summed E-state index contributed by atoms with van der Waals surface area (Å²) in [5, 5.41) is 6.20. The molecule has 2 N–H and O–H groups in total.